The van der Waals surface area contributed by atoms with Crippen LogP contribution in [0.25, 0.3) is 11.4 Å². The SMILES string of the molecule is CCn1cnc(Cn2ccnc2-c2cccc(CN(C)C)c2)c1. The molecule has 0 fully saturated rings. The third-order valence-electron chi connectivity index (χ3n) is 3.78. The quantitative estimate of drug-likeness (QED) is 0.703. The summed E-state index contributed by atoms with van der Waals surface area (Å²) in [5, 5.41) is 0. The summed E-state index contributed by atoms with van der Waals surface area (Å²) in [6, 6.07) is 8.57. The van der Waals surface area contributed by atoms with Gasteiger partial charge in [-0.05, 0) is 32.6 Å². The van der Waals surface area contributed by atoms with E-state index in [-0.39, 0.29) is 0 Å². The van der Waals surface area contributed by atoms with Gasteiger partial charge in [0.25, 0.3) is 0 Å². The second kappa shape index (κ2) is 6.79. The van der Waals surface area contributed by atoms with Gasteiger partial charge in [0.1, 0.15) is 5.82 Å². The maximum absolute atomic E-state index is 4.54. The highest BCUT2D eigenvalue weighted by Crippen LogP contribution is 2.20. The van der Waals surface area contributed by atoms with Gasteiger partial charge in [-0.2, -0.15) is 0 Å². The Morgan fingerprint density at radius 2 is 2.04 bits per heavy atom. The van der Waals surface area contributed by atoms with Crippen LogP contribution in [-0.4, -0.2) is 38.1 Å². The second-order valence-corrected chi connectivity index (χ2v) is 6.01. The summed E-state index contributed by atoms with van der Waals surface area (Å²) >= 11 is 0. The average Bonchev–Trinajstić information content (AvgIpc) is 3.16. The Balaban J connectivity index is 1.85. The Morgan fingerprint density at radius 3 is 2.78 bits per heavy atom. The molecule has 2 aromatic heterocycles. The van der Waals surface area contributed by atoms with Crippen molar-refractivity contribution in [2.45, 2.75) is 26.6 Å². The van der Waals surface area contributed by atoms with E-state index in [4.69, 9.17) is 0 Å². The molecule has 0 radical (unpaired) electrons. The highest BCUT2D eigenvalue weighted by molar-refractivity contribution is 5.56. The fourth-order valence-corrected chi connectivity index (χ4v) is 2.71. The standard InChI is InChI=1S/C18H23N5/c1-4-22-12-17(20-14-22)13-23-9-8-19-18(23)16-7-5-6-15(10-16)11-21(2)3/h5-10,12,14H,4,11,13H2,1-3H3. The predicted molar refractivity (Wildman–Crippen MR) is 92.1 cm³/mol. The summed E-state index contributed by atoms with van der Waals surface area (Å²) in [4.78, 5) is 11.2. The first kappa shape index (κ1) is 15.5. The van der Waals surface area contributed by atoms with Gasteiger partial charge in [0.2, 0.25) is 0 Å². The molecule has 23 heavy (non-hydrogen) atoms. The van der Waals surface area contributed by atoms with Crippen LogP contribution in [0.5, 0.6) is 0 Å². The minimum atomic E-state index is 0.736. The van der Waals surface area contributed by atoms with E-state index in [2.05, 4.69) is 75.5 Å². The van der Waals surface area contributed by atoms with Gasteiger partial charge >= 0.3 is 0 Å². The molecule has 0 saturated carbocycles. The van der Waals surface area contributed by atoms with Gasteiger partial charge in [-0.25, -0.2) is 9.97 Å². The minimum absolute atomic E-state index is 0.736. The van der Waals surface area contributed by atoms with Crippen LogP contribution in [0.3, 0.4) is 0 Å². The summed E-state index contributed by atoms with van der Waals surface area (Å²) in [5.41, 5.74) is 3.48. The van der Waals surface area contributed by atoms with Gasteiger partial charge in [-0.3, -0.25) is 0 Å². The highest BCUT2D eigenvalue weighted by atomic mass is 15.1. The van der Waals surface area contributed by atoms with Crippen LogP contribution in [0.1, 0.15) is 18.2 Å². The maximum atomic E-state index is 4.54. The average molecular weight is 309 g/mol. The van der Waals surface area contributed by atoms with Gasteiger partial charge in [0, 0.05) is 37.2 Å². The van der Waals surface area contributed by atoms with Crippen molar-refractivity contribution in [1.29, 1.82) is 0 Å². The van der Waals surface area contributed by atoms with Gasteiger partial charge < -0.3 is 14.0 Å². The van der Waals surface area contributed by atoms with E-state index in [1.165, 1.54) is 5.56 Å². The molecule has 1 aromatic carbocycles. The van der Waals surface area contributed by atoms with Crippen molar-refractivity contribution in [2.24, 2.45) is 0 Å². The number of rotatable bonds is 6. The minimum Gasteiger partial charge on any atom is -0.337 e. The molecule has 5 nitrogen and oxygen atoms in total. The summed E-state index contributed by atoms with van der Waals surface area (Å²) in [7, 11) is 4.16. The number of nitrogens with zero attached hydrogens (tertiary/aromatic N) is 5. The number of hydrogen-bond acceptors (Lipinski definition) is 3. The molecule has 0 aliphatic carbocycles. The molecule has 3 aromatic rings. The summed E-state index contributed by atoms with van der Waals surface area (Å²) in [6.45, 7) is 4.72. The first-order chi connectivity index (χ1) is 11.2. The molecule has 0 saturated heterocycles. The van der Waals surface area contributed by atoms with Crippen LogP contribution in [0.2, 0.25) is 0 Å². The van der Waals surface area contributed by atoms with Crippen molar-refractivity contribution in [3.05, 3.63) is 60.4 Å². The highest BCUT2D eigenvalue weighted by Gasteiger charge is 2.09. The molecule has 0 aliphatic heterocycles. The van der Waals surface area contributed by atoms with Crippen LogP contribution in [-0.2, 0) is 19.6 Å². The van der Waals surface area contributed by atoms with E-state index in [0.717, 1.165) is 36.7 Å². The van der Waals surface area contributed by atoms with Crippen LogP contribution in [0, 0.1) is 0 Å². The molecule has 0 bridgehead atoms. The lowest BCUT2D eigenvalue weighted by molar-refractivity contribution is 0.402. The molecule has 3 rings (SSSR count). The Labute approximate surface area is 137 Å². The molecule has 0 amide bonds. The van der Waals surface area contributed by atoms with Crippen molar-refractivity contribution in [1.82, 2.24) is 24.0 Å². The zero-order chi connectivity index (χ0) is 16.2. The monoisotopic (exact) mass is 309 g/mol. The van der Waals surface area contributed by atoms with Crippen LogP contribution in [0.4, 0.5) is 0 Å². The fourth-order valence-electron chi connectivity index (χ4n) is 2.71. The summed E-state index contributed by atoms with van der Waals surface area (Å²) in [6.07, 6.45) is 7.83. The summed E-state index contributed by atoms with van der Waals surface area (Å²) < 4.78 is 4.24. The topological polar surface area (TPSA) is 38.9 Å². The van der Waals surface area contributed by atoms with E-state index >= 15 is 0 Å². The molecule has 0 N–H and O–H groups in total. The third kappa shape index (κ3) is 3.68. The largest absolute Gasteiger partial charge is 0.337 e. The molecular weight excluding hydrogens is 286 g/mol. The Hall–Kier alpha value is -2.40. The van der Waals surface area contributed by atoms with Gasteiger partial charge in [-0.1, -0.05) is 18.2 Å². The van der Waals surface area contributed by atoms with Crippen molar-refractivity contribution in [3.63, 3.8) is 0 Å². The molecule has 5 heteroatoms. The zero-order valence-corrected chi connectivity index (χ0v) is 14.0. The van der Waals surface area contributed by atoms with E-state index in [1.807, 2.05) is 18.7 Å². The summed E-state index contributed by atoms with van der Waals surface area (Å²) in [5.74, 6) is 0.983. The first-order valence-electron chi connectivity index (χ1n) is 7.91. The molecule has 2 heterocycles. The Morgan fingerprint density at radius 1 is 1.17 bits per heavy atom. The molecular formula is C18H23N5. The Kier molecular flexibility index (Phi) is 4.57. The second-order valence-electron chi connectivity index (χ2n) is 6.01. The number of aromatic nitrogens is 4. The predicted octanol–water partition coefficient (Wildman–Crippen LogP) is 2.88. The van der Waals surface area contributed by atoms with Crippen LogP contribution < -0.4 is 0 Å². The van der Waals surface area contributed by atoms with Crippen molar-refractivity contribution >= 4 is 0 Å². The van der Waals surface area contributed by atoms with Gasteiger partial charge in [0.05, 0.1) is 18.6 Å². The normalized spacial score (nSPS) is 11.3. The van der Waals surface area contributed by atoms with Crippen LogP contribution in [0.15, 0.2) is 49.2 Å². The molecule has 0 unspecified atom stereocenters. The molecule has 0 atom stereocenters. The number of imidazole rings is 2. The smallest absolute Gasteiger partial charge is 0.140 e. The molecule has 120 valence electrons. The zero-order valence-electron chi connectivity index (χ0n) is 14.0. The van der Waals surface area contributed by atoms with Gasteiger partial charge in [0.15, 0.2) is 0 Å². The van der Waals surface area contributed by atoms with Crippen molar-refractivity contribution < 1.29 is 0 Å². The fraction of sp³-hybridized carbons (Fsp3) is 0.333. The maximum Gasteiger partial charge on any atom is 0.140 e. The van der Waals surface area contributed by atoms with E-state index in [9.17, 15) is 0 Å². The lowest BCUT2D eigenvalue weighted by Crippen LogP contribution is -2.10. The van der Waals surface area contributed by atoms with Gasteiger partial charge in [-0.15, -0.1) is 0 Å². The Bertz CT molecular complexity index is 769. The number of hydrogen-bond donors (Lipinski definition) is 0. The van der Waals surface area contributed by atoms with E-state index in [0.29, 0.717) is 0 Å². The lowest BCUT2D eigenvalue weighted by Gasteiger charge is -2.11. The van der Waals surface area contributed by atoms with Crippen molar-refractivity contribution in [2.75, 3.05) is 14.1 Å². The number of benzene rings is 1. The number of aryl methyl sites for hydroxylation is 1. The molecule has 0 spiro atoms. The molecule has 0 aliphatic rings. The van der Waals surface area contributed by atoms with E-state index < -0.39 is 0 Å². The van der Waals surface area contributed by atoms with E-state index in [1.54, 1.807) is 0 Å². The lowest BCUT2D eigenvalue weighted by atomic mass is 10.1. The first-order valence-corrected chi connectivity index (χ1v) is 7.91. The third-order valence-corrected chi connectivity index (χ3v) is 3.78. The van der Waals surface area contributed by atoms with Crippen molar-refractivity contribution in [3.8, 4) is 11.4 Å². The van der Waals surface area contributed by atoms with Crippen LogP contribution >= 0.6 is 0 Å².